The normalized spacial score (nSPS) is 16.0. The van der Waals surface area contributed by atoms with Gasteiger partial charge in [-0.3, -0.25) is 9.69 Å². The summed E-state index contributed by atoms with van der Waals surface area (Å²) >= 11 is 1.68. The highest BCUT2D eigenvalue weighted by molar-refractivity contribution is 7.09. The highest BCUT2D eigenvalue weighted by Gasteiger charge is 2.23. The third kappa shape index (κ3) is 3.28. The minimum absolute atomic E-state index is 0.0299. The quantitative estimate of drug-likeness (QED) is 0.880. The van der Waals surface area contributed by atoms with E-state index >= 15 is 0 Å². The molecule has 0 aliphatic carbocycles. The van der Waals surface area contributed by atoms with Gasteiger partial charge < -0.3 is 10.6 Å². The van der Waals surface area contributed by atoms with Gasteiger partial charge in [-0.1, -0.05) is 12.1 Å². The highest BCUT2D eigenvalue weighted by Crippen LogP contribution is 2.16. The summed E-state index contributed by atoms with van der Waals surface area (Å²) < 4.78 is 0. The first-order chi connectivity index (χ1) is 10.6. The standard InChI is InChI=1S/C16H20N4OS/c1-12-18-13(11-22-12)10-19-6-8-20(9-7-19)16(21)14-4-2-3-5-15(14)17/h2-5,11H,6-10,17H2,1H3. The number of anilines is 1. The van der Waals surface area contributed by atoms with Gasteiger partial charge in [-0.25, -0.2) is 4.98 Å². The predicted octanol–water partition coefficient (Wildman–Crippen LogP) is 1.99. The summed E-state index contributed by atoms with van der Waals surface area (Å²) in [5.41, 5.74) is 8.17. The van der Waals surface area contributed by atoms with Crippen LogP contribution in [0.15, 0.2) is 29.6 Å². The van der Waals surface area contributed by atoms with Gasteiger partial charge in [0.1, 0.15) is 0 Å². The number of carbonyl (C=O) groups excluding carboxylic acids is 1. The minimum Gasteiger partial charge on any atom is -0.398 e. The SMILES string of the molecule is Cc1nc(CN2CCN(C(=O)c3ccccc3N)CC2)cs1. The number of rotatable bonds is 3. The van der Waals surface area contributed by atoms with Crippen molar-refractivity contribution in [1.29, 1.82) is 0 Å². The number of hydrogen-bond donors (Lipinski definition) is 1. The van der Waals surface area contributed by atoms with E-state index in [9.17, 15) is 4.79 Å². The van der Waals surface area contributed by atoms with Gasteiger partial charge in [0, 0.05) is 43.8 Å². The fraction of sp³-hybridized carbons (Fsp3) is 0.375. The van der Waals surface area contributed by atoms with Crippen LogP contribution in [-0.2, 0) is 6.54 Å². The molecule has 0 unspecified atom stereocenters. The maximum absolute atomic E-state index is 12.5. The van der Waals surface area contributed by atoms with Gasteiger partial charge in [-0.05, 0) is 19.1 Å². The Balaban J connectivity index is 1.57. The number of aryl methyl sites for hydroxylation is 1. The Bertz CT molecular complexity index is 662. The molecule has 1 amide bonds. The maximum atomic E-state index is 12.5. The molecule has 2 aromatic rings. The van der Waals surface area contributed by atoms with Gasteiger partial charge in [-0.15, -0.1) is 11.3 Å². The van der Waals surface area contributed by atoms with E-state index in [1.54, 1.807) is 23.5 Å². The van der Waals surface area contributed by atoms with Crippen molar-refractivity contribution in [2.75, 3.05) is 31.9 Å². The van der Waals surface area contributed by atoms with Gasteiger partial charge in [0.2, 0.25) is 0 Å². The smallest absolute Gasteiger partial charge is 0.256 e. The van der Waals surface area contributed by atoms with Crippen LogP contribution in [0.4, 0.5) is 5.69 Å². The molecular weight excluding hydrogens is 296 g/mol. The molecule has 0 saturated carbocycles. The van der Waals surface area contributed by atoms with Crippen molar-refractivity contribution in [2.45, 2.75) is 13.5 Å². The second-order valence-electron chi connectivity index (χ2n) is 5.51. The summed E-state index contributed by atoms with van der Waals surface area (Å²) in [6, 6.07) is 7.26. The molecule has 3 rings (SSSR count). The molecule has 1 aromatic carbocycles. The van der Waals surface area contributed by atoms with E-state index in [0.29, 0.717) is 11.3 Å². The van der Waals surface area contributed by atoms with Crippen molar-refractivity contribution in [3.8, 4) is 0 Å². The maximum Gasteiger partial charge on any atom is 0.256 e. The first-order valence-corrected chi connectivity index (χ1v) is 8.28. The minimum atomic E-state index is 0.0299. The van der Waals surface area contributed by atoms with E-state index in [-0.39, 0.29) is 5.91 Å². The zero-order valence-corrected chi connectivity index (χ0v) is 13.5. The number of thiazole rings is 1. The van der Waals surface area contributed by atoms with E-state index in [1.807, 2.05) is 24.0 Å². The van der Waals surface area contributed by atoms with Crippen molar-refractivity contribution in [1.82, 2.24) is 14.8 Å². The molecule has 1 aliphatic heterocycles. The average Bonchev–Trinajstić information content (AvgIpc) is 2.93. The van der Waals surface area contributed by atoms with Crippen LogP contribution in [0, 0.1) is 6.92 Å². The van der Waals surface area contributed by atoms with E-state index in [4.69, 9.17) is 5.73 Å². The van der Waals surface area contributed by atoms with Gasteiger partial charge in [0.05, 0.1) is 16.3 Å². The van der Waals surface area contributed by atoms with Crippen LogP contribution in [0.25, 0.3) is 0 Å². The van der Waals surface area contributed by atoms with Crippen LogP contribution < -0.4 is 5.73 Å². The fourth-order valence-electron chi connectivity index (χ4n) is 2.68. The molecule has 1 aliphatic rings. The zero-order chi connectivity index (χ0) is 15.5. The van der Waals surface area contributed by atoms with E-state index in [1.165, 1.54) is 0 Å². The molecule has 6 heteroatoms. The summed E-state index contributed by atoms with van der Waals surface area (Å²) in [4.78, 5) is 21.2. The zero-order valence-electron chi connectivity index (χ0n) is 12.7. The first kappa shape index (κ1) is 15.0. The van der Waals surface area contributed by atoms with Crippen LogP contribution in [0.5, 0.6) is 0 Å². The number of benzene rings is 1. The molecule has 2 N–H and O–H groups in total. The Kier molecular flexibility index (Phi) is 4.40. The third-order valence-corrected chi connectivity index (χ3v) is 4.73. The molecule has 22 heavy (non-hydrogen) atoms. The van der Waals surface area contributed by atoms with E-state index < -0.39 is 0 Å². The summed E-state index contributed by atoms with van der Waals surface area (Å²) in [6.07, 6.45) is 0. The number of nitrogen functional groups attached to an aromatic ring is 1. The molecule has 0 bridgehead atoms. The van der Waals surface area contributed by atoms with Crippen LogP contribution in [0.1, 0.15) is 21.1 Å². The summed E-state index contributed by atoms with van der Waals surface area (Å²) in [5.74, 6) is 0.0299. The van der Waals surface area contributed by atoms with Crippen LogP contribution in [0.3, 0.4) is 0 Å². The first-order valence-electron chi connectivity index (χ1n) is 7.40. The molecule has 2 heterocycles. The van der Waals surface area contributed by atoms with E-state index in [0.717, 1.165) is 43.4 Å². The number of aromatic nitrogens is 1. The highest BCUT2D eigenvalue weighted by atomic mass is 32.1. The van der Waals surface area contributed by atoms with Crippen LogP contribution in [0.2, 0.25) is 0 Å². The monoisotopic (exact) mass is 316 g/mol. The molecule has 1 fully saturated rings. The predicted molar refractivity (Wildman–Crippen MR) is 88.9 cm³/mol. The fourth-order valence-corrected chi connectivity index (χ4v) is 3.28. The Morgan fingerprint density at radius 2 is 2.00 bits per heavy atom. The lowest BCUT2D eigenvalue weighted by Crippen LogP contribution is -2.48. The van der Waals surface area contributed by atoms with Gasteiger partial charge in [0.25, 0.3) is 5.91 Å². The lowest BCUT2D eigenvalue weighted by Gasteiger charge is -2.34. The second kappa shape index (κ2) is 6.46. The molecule has 1 aromatic heterocycles. The van der Waals surface area contributed by atoms with Gasteiger partial charge in [0.15, 0.2) is 0 Å². The molecule has 1 saturated heterocycles. The van der Waals surface area contributed by atoms with E-state index in [2.05, 4.69) is 15.3 Å². The molecule has 0 radical (unpaired) electrons. The second-order valence-corrected chi connectivity index (χ2v) is 6.58. The molecule has 5 nitrogen and oxygen atoms in total. The van der Waals surface area contributed by atoms with Crippen molar-refractivity contribution in [3.05, 3.63) is 45.9 Å². The van der Waals surface area contributed by atoms with Crippen molar-refractivity contribution in [2.24, 2.45) is 0 Å². The summed E-state index contributed by atoms with van der Waals surface area (Å²) in [5, 5.41) is 3.21. The lowest BCUT2D eigenvalue weighted by atomic mass is 10.1. The molecule has 0 atom stereocenters. The van der Waals surface area contributed by atoms with Crippen molar-refractivity contribution in [3.63, 3.8) is 0 Å². The third-order valence-electron chi connectivity index (χ3n) is 3.90. The number of nitrogens with two attached hydrogens (primary N) is 1. The van der Waals surface area contributed by atoms with Crippen molar-refractivity contribution < 1.29 is 4.79 Å². The molecule has 116 valence electrons. The number of nitrogens with zero attached hydrogens (tertiary/aromatic N) is 3. The van der Waals surface area contributed by atoms with Crippen LogP contribution in [-0.4, -0.2) is 46.9 Å². The van der Waals surface area contributed by atoms with Gasteiger partial charge in [-0.2, -0.15) is 0 Å². The topological polar surface area (TPSA) is 62.5 Å². The lowest BCUT2D eigenvalue weighted by molar-refractivity contribution is 0.0628. The number of carbonyl (C=O) groups is 1. The summed E-state index contributed by atoms with van der Waals surface area (Å²) in [6.45, 7) is 6.09. The number of amides is 1. The average molecular weight is 316 g/mol. The Morgan fingerprint density at radius 1 is 1.27 bits per heavy atom. The molecule has 0 spiro atoms. The summed E-state index contributed by atoms with van der Waals surface area (Å²) in [7, 11) is 0. The Morgan fingerprint density at radius 3 is 2.64 bits per heavy atom. The Hall–Kier alpha value is -1.92. The number of piperazine rings is 1. The molecular formula is C16H20N4OS. The van der Waals surface area contributed by atoms with Gasteiger partial charge >= 0.3 is 0 Å². The van der Waals surface area contributed by atoms with Crippen molar-refractivity contribution >= 4 is 22.9 Å². The van der Waals surface area contributed by atoms with Crippen LogP contribution >= 0.6 is 11.3 Å². The largest absolute Gasteiger partial charge is 0.398 e. The number of hydrogen-bond acceptors (Lipinski definition) is 5. The number of para-hydroxylation sites is 1. The Labute approximate surface area is 134 Å².